The second-order valence-electron chi connectivity index (χ2n) is 5.49. The van der Waals surface area contributed by atoms with E-state index in [-0.39, 0.29) is 40.6 Å². The molecule has 2 aromatic carbocycles. The highest BCUT2D eigenvalue weighted by Gasteiger charge is 2.18. The third-order valence-electron chi connectivity index (χ3n) is 3.57. The van der Waals surface area contributed by atoms with Crippen molar-refractivity contribution in [2.45, 2.75) is 13.0 Å². The van der Waals surface area contributed by atoms with E-state index < -0.39 is 11.8 Å². The van der Waals surface area contributed by atoms with E-state index in [4.69, 9.17) is 26.8 Å². The normalized spacial score (nSPS) is 11.5. The molecule has 0 saturated heterocycles. The molecule has 0 spiro atoms. The van der Waals surface area contributed by atoms with E-state index in [2.05, 4.69) is 5.32 Å². The van der Waals surface area contributed by atoms with E-state index in [9.17, 15) is 14.0 Å². The lowest BCUT2D eigenvalue weighted by atomic mass is 10.1. The molecule has 0 heterocycles. The van der Waals surface area contributed by atoms with Crippen molar-refractivity contribution in [3.8, 4) is 11.5 Å². The predicted molar refractivity (Wildman–Crippen MR) is 95.0 cm³/mol. The highest BCUT2D eigenvalue weighted by molar-refractivity contribution is 6.32. The van der Waals surface area contributed by atoms with Crippen molar-refractivity contribution in [3.63, 3.8) is 0 Å². The van der Waals surface area contributed by atoms with Crippen molar-refractivity contribution >= 4 is 23.4 Å². The van der Waals surface area contributed by atoms with Crippen LogP contribution in [0.3, 0.4) is 0 Å². The van der Waals surface area contributed by atoms with Crippen LogP contribution < -0.4 is 20.5 Å². The maximum Gasteiger partial charge on any atom is 0.255 e. The van der Waals surface area contributed by atoms with Crippen LogP contribution in [0.1, 0.15) is 28.9 Å². The van der Waals surface area contributed by atoms with E-state index in [0.29, 0.717) is 0 Å². The van der Waals surface area contributed by atoms with Crippen LogP contribution in [0.25, 0.3) is 0 Å². The highest BCUT2D eigenvalue weighted by Crippen LogP contribution is 2.36. The molecule has 3 N–H and O–H groups in total. The first-order valence-corrected chi connectivity index (χ1v) is 8.04. The number of methoxy groups -OCH3 is 1. The fourth-order valence-corrected chi connectivity index (χ4v) is 2.51. The Labute approximate surface area is 155 Å². The van der Waals surface area contributed by atoms with Crippen LogP contribution >= 0.6 is 11.6 Å². The molecule has 1 unspecified atom stereocenters. The summed E-state index contributed by atoms with van der Waals surface area (Å²) in [4.78, 5) is 23.3. The number of amides is 2. The standard InChI is InChI=1S/C18H18ClFN2O4/c1-10(11-3-5-13(20)6-4-11)22-18(24)12-7-14(19)17(15(8-12)25-2)26-9-16(21)23/h3-8,10H,9H2,1-2H3,(H2,21,23)(H,22,24). The number of rotatable bonds is 7. The first-order chi connectivity index (χ1) is 12.3. The SMILES string of the molecule is COc1cc(C(=O)NC(C)c2ccc(F)cc2)cc(Cl)c1OCC(N)=O. The molecule has 6 nitrogen and oxygen atoms in total. The van der Waals surface area contributed by atoms with E-state index in [1.54, 1.807) is 19.1 Å². The van der Waals surface area contributed by atoms with Crippen LogP contribution in [-0.2, 0) is 4.79 Å². The zero-order chi connectivity index (χ0) is 19.3. The van der Waals surface area contributed by atoms with Gasteiger partial charge < -0.3 is 20.5 Å². The van der Waals surface area contributed by atoms with Gasteiger partial charge in [0, 0.05) is 5.56 Å². The average Bonchev–Trinajstić information content (AvgIpc) is 2.60. The summed E-state index contributed by atoms with van der Waals surface area (Å²) in [5.74, 6) is -1.11. The summed E-state index contributed by atoms with van der Waals surface area (Å²) in [7, 11) is 1.38. The van der Waals surface area contributed by atoms with Gasteiger partial charge in [-0.1, -0.05) is 23.7 Å². The Hall–Kier alpha value is -2.80. The Morgan fingerprint density at radius 3 is 2.50 bits per heavy atom. The van der Waals surface area contributed by atoms with Gasteiger partial charge in [0.1, 0.15) is 5.82 Å². The summed E-state index contributed by atoms with van der Waals surface area (Å²) in [6.07, 6.45) is 0. The number of carbonyl (C=O) groups excluding carboxylic acids is 2. The van der Waals surface area contributed by atoms with Crippen molar-refractivity contribution in [1.82, 2.24) is 5.32 Å². The minimum Gasteiger partial charge on any atom is -0.493 e. The lowest BCUT2D eigenvalue weighted by Gasteiger charge is -2.16. The quantitative estimate of drug-likeness (QED) is 0.772. The number of nitrogens with two attached hydrogens (primary N) is 1. The lowest BCUT2D eigenvalue weighted by Crippen LogP contribution is -2.26. The molecule has 0 bridgehead atoms. The topological polar surface area (TPSA) is 90.7 Å². The second kappa shape index (κ2) is 8.53. The van der Waals surface area contributed by atoms with Gasteiger partial charge in [-0.05, 0) is 36.8 Å². The van der Waals surface area contributed by atoms with E-state index >= 15 is 0 Å². The molecule has 138 valence electrons. The number of benzene rings is 2. The van der Waals surface area contributed by atoms with Gasteiger partial charge in [0.05, 0.1) is 18.2 Å². The lowest BCUT2D eigenvalue weighted by molar-refractivity contribution is -0.119. The third kappa shape index (κ3) is 4.86. The predicted octanol–water partition coefficient (Wildman–Crippen LogP) is 2.84. The highest BCUT2D eigenvalue weighted by atomic mass is 35.5. The molecular weight excluding hydrogens is 363 g/mol. The first-order valence-electron chi connectivity index (χ1n) is 7.66. The fraction of sp³-hybridized carbons (Fsp3) is 0.222. The molecule has 0 aliphatic carbocycles. The number of hydrogen-bond acceptors (Lipinski definition) is 4. The molecule has 0 radical (unpaired) electrons. The van der Waals surface area contributed by atoms with Gasteiger partial charge in [-0.25, -0.2) is 4.39 Å². The first kappa shape index (κ1) is 19.5. The Morgan fingerprint density at radius 2 is 1.92 bits per heavy atom. The van der Waals surface area contributed by atoms with E-state index in [0.717, 1.165) is 5.56 Å². The van der Waals surface area contributed by atoms with Gasteiger partial charge in [0.2, 0.25) is 0 Å². The largest absolute Gasteiger partial charge is 0.493 e. The summed E-state index contributed by atoms with van der Waals surface area (Å²) in [6.45, 7) is 1.40. The third-order valence-corrected chi connectivity index (χ3v) is 3.85. The van der Waals surface area contributed by atoms with Crippen molar-refractivity contribution < 1.29 is 23.5 Å². The molecule has 0 aliphatic heterocycles. The van der Waals surface area contributed by atoms with Crippen LogP contribution in [0.15, 0.2) is 36.4 Å². The molecule has 0 aromatic heterocycles. The summed E-state index contributed by atoms with van der Waals surface area (Å²) in [5.41, 5.74) is 6.04. The minimum absolute atomic E-state index is 0.102. The van der Waals surface area contributed by atoms with Crippen molar-refractivity contribution in [3.05, 3.63) is 58.4 Å². The average molecular weight is 381 g/mol. The van der Waals surface area contributed by atoms with E-state index in [1.165, 1.54) is 31.4 Å². The van der Waals surface area contributed by atoms with Gasteiger partial charge in [-0.3, -0.25) is 9.59 Å². The summed E-state index contributed by atoms with van der Waals surface area (Å²) >= 11 is 6.13. The Kier molecular flexibility index (Phi) is 6.41. The summed E-state index contributed by atoms with van der Waals surface area (Å²) < 4.78 is 23.4. The van der Waals surface area contributed by atoms with Crippen LogP contribution in [0.2, 0.25) is 5.02 Å². The van der Waals surface area contributed by atoms with Gasteiger partial charge in [0.15, 0.2) is 18.1 Å². The number of halogens is 2. The van der Waals surface area contributed by atoms with Crippen LogP contribution in [0.4, 0.5) is 4.39 Å². The molecule has 26 heavy (non-hydrogen) atoms. The summed E-state index contributed by atoms with van der Waals surface area (Å²) in [5, 5.41) is 2.89. The molecule has 0 aliphatic rings. The van der Waals surface area contributed by atoms with Gasteiger partial charge >= 0.3 is 0 Å². The maximum absolute atomic E-state index is 13.0. The molecule has 0 saturated carbocycles. The van der Waals surface area contributed by atoms with Crippen molar-refractivity contribution in [1.29, 1.82) is 0 Å². The van der Waals surface area contributed by atoms with Crippen LogP contribution in [0.5, 0.6) is 11.5 Å². The Balaban J connectivity index is 2.19. The van der Waals surface area contributed by atoms with Crippen LogP contribution in [-0.4, -0.2) is 25.5 Å². The molecule has 2 aromatic rings. The number of hydrogen-bond donors (Lipinski definition) is 2. The zero-order valence-corrected chi connectivity index (χ0v) is 15.0. The maximum atomic E-state index is 13.0. The number of primary amides is 1. The molecule has 0 fully saturated rings. The van der Waals surface area contributed by atoms with Gasteiger partial charge in [-0.15, -0.1) is 0 Å². The van der Waals surface area contributed by atoms with Crippen molar-refractivity contribution in [2.24, 2.45) is 5.73 Å². The van der Waals surface area contributed by atoms with E-state index in [1.807, 2.05) is 0 Å². The number of carbonyl (C=O) groups is 2. The van der Waals surface area contributed by atoms with Crippen molar-refractivity contribution in [2.75, 3.05) is 13.7 Å². The van der Waals surface area contributed by atoms with Gasteiger partial charge in [-0.2, -0.15) is 0 Å². The zero-order valence-electron chi connectivity index (χ0n) is 14.2. The fourth-order valence-electron chi connectivity index (χ4n) is 2.25. The molecule has 1 atom stereocenters. The molecule has 2 rings (SSSR count). The second-order valence-corrected chi connectivity index (χ2v) is 5.90. The molecule has 8 heteroatoms. The monoisotopic (exact) mass is 380 g/mol. The van der Waals surface area contributed by atoms with Crippen LogP contribution in [0, 0.1) is 5.82 Å². The van der Waals surface area contributed by atoms with Gasteiger partial charge in [0.25, 0.3) is 11.8 Å². The minimum atomic E-state index is -0.668. The smallest absolute Gasteiger partial charge is 0.255 e. The Morgan fingerprint density at radius 1 is 1.27 bits per heavy atom. The Bertz CT molecular complexity index is 812. The number of ether oxygens (including phenoxy) is 2. The number of nitrogens with one attached hydrogen (secondary N) is 1. The molecule has 2 amide bonds. The summed E-state index contributed by atoms with van der Waals surface area (Å²) in [6, 6.07) is 8.31. The molecular formula is C18H18ClFN2O4.